The molecule has 0 atom stereocenters. The third-order valence-corrected chi connectivity index (χ3v) is 4.83. The molecule has 0 amide bonds. The molecular weight excluding hydrogens is 361 g/mol. The van der Waals surface area contributed by atoms with Crippen molar-refractivity contribution in [1.29, 1.82) is 0 Å². The number of anilines is 1. The van der Waals surface area contributed by atoms with Gasteiger partial charge in [-0.25, -0.2) is 17.5 Å². The summed E-state index contributed by atoms with van der Waals surface area (Å²) in [5.74, 6) is -0.874. The number of rotatable bonds is 4. The van der Waals surface area contributed by atoms with Crippen LogP contribution in [0.2, 0.25) is 0 Å². The standard InChI is InChI=1S/C13H13BrFN3O2S/c1-8-3-2-4-9(18-8)7-17-21(19,20)13-6-12(16)10(14)5-11(13)15/h2-6,17H,7,16H2,1H3. The maximum atomic E-state index is 13.8. The Hall–Kier alpha value is -1.51. The van der Waals surface area contributed by atoms with Crippen LogP contribution in [0.25, 0.3) is 0 Å². The van der Waals surface area contributed by atoms with Gasteiger partial charge in [-0.15, -0.1) is 0 Å². The van der Waals surface area contributed by atoms with E-state index in [9.17, 15) is 12.8 Å². The average Bonchev–Trinajstić information content (AvgIpc) is 2.41. The van der Waals surface area contributed by atoms with Crippen molar-refractivity contribution in [2.75, 3.05) is 5.73 Å². The smallest absolute Gasteiger partial charge is 0.243 e. The average molecular weight is 374 g/mol. The molecule has 21 heavy (non-hydrogen) atoms. The quantitative estimate of drug-likeness (QED) is 0.805. The maximum Gasteiger partial charge on any atom is 0.243 e. The molecule has 8 heteroatoms. The number of benzene rings is 1. The van der Waals surface area contributed by atoms with Gasteiger partial charge in [-0.3, -0.25) is 4.98 Å². The highest BCUT2D eigenvalue weighted by molar-refractivity contribution is 9.10. The van der Waals surface area contributed by atoms with Gasteiger partial charge in [-0.05, 0) is 47.1 Å². The van der Waals surface area contributed by atoms with E-state index >= 15 is 0 Å². The van der Waals surface area contributed by atoms with Gasteiger partial charge < -0.3 is 5.73 Å². The van der Waals surface area contributed by atoms with Gasteiger partial charge in [-0.1, -0.05) is 6.07 Å². The zero-order valence-electron chi connectivity index (χ0n) is 11.1. The van der Waals surface area contributed by atoms with Gasteiger partial charge in [0.2, 0.25) is 10.0 Å². The van der Waals surface area contributed by atoms with Gasteiger partial charge >= 0.3 is 0 Å². The highest BCUT2D eigenvalue weighted by atomic mass is 79.9. The molecule has 0 spiro atoms. The lowest BCUT2D eigenvalue weighted by molar-refractivity contribution is 0.556. The fraction of sp³-hybridized carbons (Fsp3) is 0.154. The minimum atomic E-state index is -4.01. The zero-order chi connectivity index (χ0) is 15.6. The van der Waals surface area contributed by atoms with E-state index in [0.717, 1.165) is 17.8 Å². The Labute approximate surface area is 130 Å². The topological polar surface area (TPSA) is 85.1 Å². The lowest BCUT2D eigenvalue weighted by Crippen LogP contribution is -2.25. The summed E-state index contributed by atoms with van der Waals surface area (Å²) < 4.78 is 40.7. The third-order valence-electron chi connectivity index (χ3n) is 2.73. The first-order valence-corrected chi connectivity index (χ1v) is 8.24. The molecule has 0 saturated heterocycles. The van der Waals surface area contributed by atoms with E-state index in [0.29, 0.717) is 10.2 Å². The fourth-order valence-corrected chi connectivity index (χ4v) is 3.10. The van der Waals surface area contributed by atoms with Crippen LogP contribution >= 0.6 is 15.9 Å². The molecule has 2 rings (SSSR count). The second-order valence-electron chi connectivity index (χ2n) is 4.40. The highest BCUT2D eigenvalue weighted by Gasteiger charge is 2.20. The summed E-state index contributed by atoms with van der Waals surface area (Å²) in [6.07, 6.45) is 0. The summed E-state index contributed by atoms with van der Waals surface area (Å²) >= 11 is 3.04. The fourth-order valence-electron chi connectivity index (χ4n) is 1.70. The molecule has 112 valence electrons. The third kappa shape index (κ3) is 3.78. The van der Waals surface area contributed by atoms with Crippen LogP contribution < -0.4 is 10.5 Å². The van der Waals surface area contributed by atoms with Crippen LogP contribution in [0.1, 0.15) is 11.4 Å². The van der Waals surface area contributed by atoms with Crippen molar-refractivity contribution in [3.8, 4) is 0 Å². The van der Waals surface area contributed by atoms with Crippen molar-refractivity contribution in [2.24, 2.45) is 0 Å². The summed E-state index contributed by atoms with van der Waals surface area (Å²) in [5, 5.41) is 0. The van der Waals surface area contributed by atoms with Crippen molar-refractivity contribution in [2.45, 2.75) is 18.4 Å². The molecule has 0 fully saturated rings. The molecule has 1 aromatic carbocycles. The number of nitrogens with one attached hydrogen (secondary N) is 1. The highest BCUT2D eigenvalue weighted by Crippen LogP contribution is 2.26. The van der Waals surface area contributed by atoms with Crippen molar-refractivity contribution in [1.82, 2.24) is 9.71 Å². The van der Waals surface area contributed by atoms with E-state index in [1.807, 2.05) is 0 Å². The van der Waals surface area contributed by atoms with E-state index in [1.165, 1.54) is 0 Å². The lowest BCUT2D eigenvalue weighted by atomic mass is 10.3. The zero-order valence-corrected chi connectivity index (χ0v) is 13.5. The number of hydrogen-bond donors (Lipinski definition) is 2. The summed E-state index contributed by atoms with van der Waals surface area (Å²) in [7, 11) is -4.01. The Balaban J connectivity index is 2.25. The van der Waals surface area contributed by atoms with Crippen LogP contribution in [0.4, 0.5) is 10.1 Å². The second kappa shape index (κ2) is 6.08. The van der Waals surface area contributed by atoms with Crippen LogP contribution in [-0.2, 0) is 16.6 Å². The molecule has 0 aliphatic heterocycles. The monoisotopic (exact) mass is 373 g/mol. The van der Waals surface area contributed by atoms with Gasteiger partial charge in [0.25, 0.3) is 0 Å². The van der Waals surface area contributed by atoms with Crippen molar-refractivity contribution >= 4 is 31.6 Å². The second-order valence-corrected chi connectivity index (χ2v) is 6.99. The first kappa shape index (κ1) is 15.9. The number of nitrogens with two attached hydrogens (primary N) is 1. The predicted molar refractivity (Wildman–Crippen MR) is 81.5 cm³/mol. The van der Waals surface area contributed by atoms with Crippen LogP contribution in [0.3, 0.4) is 0 Å². The van der Waals surface area contributed by atoms with E-state index in [2.05, 4.69) is 25.6 Å². The molecule has 0 bridgehead atoms. The molecule has 0 aliphatic rings. The van der Waals surface area contributed by atoms with E-state index in [-0.39, 0.29) is 12.2 Å². The largest absolute Gasteiger partial charge is 0.398 e. The molecule has 0 saturated carbocycles. The number of nitrogen functional groups attached to an aromatic ring is 1. The molecule has 0 unspecified atom stereocenters. The Kier molecular flexibility index (Phi) is 4.60. The molecule has 1 aromatic heterocycles. The van der Waals surface area contributed by atoms with Crippen molar-refractivity contribution in [3.05, 3.63) is 52.0 Å². The first-order valence-electron chi connectivity index (χ1n) is 5.96. The molecule has 0 aliphatic carbocycles. The molecular formula is C13H13BrFN3O2S. The number of sulfonamides is 1. The van der Waals surface area contributed by atoms with Crippen molar-refractivity contribution < 1.29 is 12.8 Å². The summed E-state index contributed by atoms with van der Waals surface area (Å²) in [6, 6.07) is 7.35. The Morgan fingerprint density at radius 2 is 2.10 bits per heavy atom. The summed E-state index contributed by atoms with van der Waals surface area (Å²) in [5.41, 5.74) is 7.05. The van der Waals surface area contributed by atoms with Crippen molar-refractivity contribution in [3.63, 3.8) is 0 Å². The Morgan fingerprint density at radius 1 is 1.38 bits per heavy atom. The lowest BCUT2D eigenvalue weighted by Gasteiger charge is -2.09. The first-order chi connectivity index (χ1) is 9.79. The van der Waals surface area contributed by atoms with E-state index < -0.39 is 20.7 Å². The van der Waals surface area contributed by atoms with Crippen LogP contribution in [-0.4, -0.2) is 13.4 Å². The van der Waals surface area contributed by atoms with Gasteiger partial charge in [0.05, 0.1) is 12.2 Å². The molecule has 0 radical (unpaired) electrons. The molecule has 3 N–H and O–H groups in total. The van der Waals surface area contributed by atoms with E-state index in [4.69, 9.17) is 5.73 Å². The van der Waals surface area contributed by atoms with Crippen LogP contribution in [0.15, 0.2) is 39.7 Å². The summed E-state index contributed by atoms with van der Waals surface area (Å²) in [6.45, 7) is 1.77. The van der Waals surface area contributed by atoms with Gasteiger partial charge in [-0.2, -0.15) is 0 Å². The number of halogens is 2. The predicted octanol–water partition coefficient (Wildman–Crippen LogP) is 2.35. The number of nitrogens with zero attached hydrogens (tertiary/aromatic N) is 1. The minimum Gasteiger partial charge on any atom is -0.398 e. The number of aromatic nitrogens is 1. The number of hydrogen-bond acceptors (Lipinski definition) is 4. The SMILES string of the molecule is Cc1cccc(CNS(=O)(=O)c2cc(N)c(Br)cc2F)n1. The maximum absolute atomic E-state index is 13.8. The van der Waals surface area contributed by atoms with Gasteiger partial charge in [0, 0.05) is 15.9 Å². The number of pyridine rings is 1. The van der Waals surface area contributed by atoms with Gasteiger partial charge in [0.15, 0.2) is 0 Å². The Bertz CT molecular complexity index is 781. The van der Waals surface area contributed by atoms with Crippen LogP contribution in [0.5, 0.6) is 0 Å². The number of aryl methyl sites for hydroxylation is 1. The molecule has 2 aromatic rings. The van der Waals surface area contributed by atoms with Gasteiger partial charge in [0.1, 0.15) is 10.7 Å². The minimum absolute atomic E-state index is 0.0284. The van der Waals surface area contributed by atoms with Crippen LogP contribution in [0, 0.1) is 12.7 Å². The summed E-state index contributed by atoms with van der Waals surface area (Å²) in [4.78, 5) is 3.68. The normalized spacial score (nSPS) is 11.6. The molecule has 1 heterocycles. The van der Waals surface area contributed by atoms with E-state index in [1.54, 1.807) is 25.1 Å². The Morgan fingerprint density at radius 3 is 2.76 bits per heavy atom. The molecule has 5 nitrogen and oxygen atoms in total.